The number of para-hydroxylation sites is 1. The standard InChI is InChI=1S/C30H27N3O4S/c1-4-37-24-15-8-10-20(16-24)17-25-29(35)33-27(21-11-9-14-23(18-21)36-3)26(19(2)31-30(33)38-25)28(34)32-22-12-6-5-7-13-22/h5-18,27H,4H2,1-3H3,(H,32,34)/b25-17-/t27-/m0/s1. The Morgan fingerprint density at radius 3 is 2.58 bits per heavy atom. The van der Waals surface area contributed by atoms with Crippen LogP contribution in [0.4, 0.5) is 5.69 Å². The minimum absolute atomic E-state index is 0.221. The number of hydrogen-bond donors (Lipinski definition) is 1. The van der Waals surface area contributed by atoms with E-state index < -0.39 is 6.04 Å². The maximum atomic E-state index is 13.9. The highest BCUT2D eigenvalue weighted by Crippen LogP contribution is 2.32. The molecule has 38 heavy (non-hydrogen) atoms. The number of rotatable bonds is 7. The van der Waals surface area contributed by atoms with Crippen LogP contribution in [0, 0.1) is 0 Å². The molecule has 0 saturated heterocycles. The fourth-order valence-electron chi connectivity index (χ4n) is 4.47. The highest BCUT2D eigenvalue weighted by Gasteiger charge is 2.32. The molecular formula is C30H27N3O4S. The van der Waals surface area contributed by atoms with Crippen molar-refractivity contribution in [3.05, 3.63) is 121 Å². The number of methoxy groups -OCH3 is 1. The molecular weight excluding hydrogens is 498 g/mol. The van der Waals surface area contributed by atoms with Gasteiger partial charge in [-0.3, -0.25) is 14.2 Å². The number of thiazole rings is 1. The molecule has 1 atom stereocenters. The molecule has 0 saturated carbocycles. The topological polar surface area (TPSA) is 81.9 Å². The highest BCUT2D eigenvalue weighted by molar-refractivity contribution is 7.07. The van der Waals surface area contributed by atoms with Gasteiger partial charge in [0, 0.05) is 5.69 Å². The van der Waals surface area contributed by atoms with E-state index in [9.17, 15) is 9.59 Å². The third-order valence-corrected chi connectivity index (χ3v) is 7.16. The van der Waals surface area contributed by atoms with E-state index in [1.165, 1.54) is 11.3 Å². The first kappa shape index (κ1) is 25.2. The lowest BCUT2D eigenvalue weighted by atomic mass is 9.95. The van der Waals surface area contributed by atoms with Crippen molar-refractivity contribution in [2.75, 3.05) is 19.0 Å². The third-order valence-electron chi connectivity index (χ3n) is 6.17. The molecule has 192 valence electrons. The number of ether oxygens (including phenoxy) is 2. The Balaban J connectivity index is 1.66. The number of nitrogens with zero attached hydrogens (tertiary/aromatic N) is 2. The lowest BCUT2D eigenvalue weighted by molar-refractivity contribution is -0.113. The van der Waals surface area contributed by atoms with Gasteiger partial charge in [0.05, 0.1) is 35.6 Å². The average molecular weight is 526 g/mol. The lowest BCUT2D eigenvalue weighted by Gasteiger charge is -2.25. The first-order valence-corrected chi connectivity index (χ1v) is 13.1. The molecule has 4 aromatic rings. The van der Waals surface area contributed by atoms with Gasteiger partial charge in [-0.25, -0.2) is 4.99 Å². The lowest BCUT2D eigenvalue weighted by Crippen LogP contribution is -2.40. The van der Waals surface area contributed by atoms with Gasteiger partial charge < -0.3 is 14.8 Å². The molecule has 5 rings (SSSR count). The number of benzene rings is 3. The normalized spacial score (nSPS) is 15.0. The van der Waals surface area contributed by atoms with E-state index in [4.69, 9.17) is 14.5 Å². The van der Waals surface area contributed by atoms with E-state index in [2.05, 4.69) is 5.32 Å². The summed E-state index contributed by atoms with van der Waals surface area (Å²) in [6.07, 6.45) is 1.83. The van der Waals surface area contributed by atoms with E-state index in [0.29, 0.717) is 38.6 Å². The quantitative estimate of drug-likeness (QED) is 0.391. The summed E-state index contributed by atoms with van der Waals surface area (Å²) in [4.78, 5) is 32.7. The fraction of sp³-hybridized carbons (Fsp3) is 0.167. The van der Waals surface area contributed by atoms with Crippen LogP contribution in [0.25, 0.3) is 6.08 Å². The minimum Gasteiger partial charge on any atom is -0.497 e. The average Bonchev–Trinajstić information content (AvgIpc) is 3.22. The Hall–Kier alpha value is -4.43. The third kappa shape index (κ3) is 5.03. The summed E-state index contributed by atoms with van der Waals surface area (Å²) in [6, 6.07) is 23.6. The molecule has 0 aliphatic carbocycles. The summed E-state index contributed by atoms with van der Waals surface area (Å²) >= 11 is 1.30. The van der Waals surface area contributed by atoms with Crippen LogP contribution >= 0.6 is 11.3 Å². The molecule has 0 bridgehead atoms. The number of nitrogens with one attached hydrogen (secondary N) is 1. The summed E-state index contributed by atoms with van der Waals surface area (Å²) < 4.78 is 13.2. The van der Waals surface area contributed by atoms with Gasteiger partial charge in [-0.2, -0.15) is 0 Å². The van der Waals surface area contributed by atoms with Crippen LogP contribution < -0.4 is 29.7 Å². The van der Waals surface area contributed by atoms with E-state index >= 15 is 0 Å². The fourth-order valence-corrected chi connectivity index (χ4v) is 5.52. The van der Waals surface area contributed by atoms with Gasteiger partial charge in [0.25, 0.3) is 11.5 Å². The number of anilines is 1. The van der Waals surface area contributed by atoms with Crippen LogP contribution in [-0.2, 0) is 4.79 Å². The molecule has 7 nitrogen and oxygen atoms in total. The molecule has 1 aliphatic rings. The van der Waals surface area contributed by atoms with Crippen LogP contribution in [0.2, 0.25) is 0 Å². The number of carbonyl (C=O) groups excluding carboxylic acids is 1. The number of aromatic nitrogens is 1. The molecule has 0 spiro atoms. The second-order valence-electron chi connectivity index (χ2n) is 8.68. The van der Waals surface area contributed by atoms with Gasteiger partial charge in [0.1, 0.15) is 11.5 Å². The summed E-state index contributed by atoms with van der Waals surface area (Å²) in [5.74, 6) is 1.05. The Labute approximate surface area is 224 Å². The zero-order valence-corrected chi connectivity index (χ0v) is 22.1. The maximum absolute atomic E-state index is 13.9. The molecule has 0 fully saturated rings. The Morgan fingerprint density at radius 1 is 1.05 bits per heavy atom. The molecule has 3 aromatic carbocycles. The van der Waals surface area contributed by atoms with E-state index in [-0.39, 0.29) is 11.5 Å². The molecule has 1 N–H and O–H groups in total. The van der Waals surface area contributed by atoms with Crippen LogP contribution in [0.3, 0.4) is 0 Å². The SMILES string of the molecule is CCOc1cccc(/C=c2\sc3n(c2=O)[C@@H](c2cccc(OC)c2)C(C(=O)Nc2ccccc2)=C(C)N=3)c1. The van der Waals surface area contributed by atoms with Gasteiger partial charge >= 0.3 is 0 Å². The summed E-state index contributed by atoms with van der Waals surface area (Å²) in [5, 5.41) is 2.96. The van der Waals surface area contributed by atoms with Gasteiger partial charge in [-0.05, 0) is 67.4 Å². The van der Waals surface area contributed by atoms with Crippen molar-refractivity contribution in [1.29, 1.82) is 0 Å². The number of fused-ring (bicyclic) bond motifs is 1. The van der Waals surface area contributed by atoms with Gasteiger partial charge in [0.15, 0.2) is 4.80 Å². The highest BCUT2D eigenvalue weighted by atomic mass is 32.1. The van der Waals surface area contributed by atoms with Crippen molar-refractivity contribution in [2.45, 2.75) is 19.9 Å². The second kappa shape index (κ2) is 10.9. The van der Waals surface area contributed by atoms with Crippen molar-refractivity contribution in [3.8, 4) is 11.5 Å². The first-order chi connectivity index (χ1) is 18.5. The predicted octanol–water partition coefficient (Wildman–Crippen LogP) is 4.28. The van der Waals surface area contributed by atoms with E-state index in [1.54, 1.807) is 18.6 Å². The van der Waals surface area contributed by atoms with Gasteiger partial charge in [-0.15, -0.1) is 0 Å². The monoisotopic (exact) mass is 525 g/mol. The Kier molecular flexibility index (Phi) is 7.24. The smallest absolute Gasteiger partial charge is 0.271 e. The molecule has 1 amide bonds. The van der Waals surface area contributed by atoms with Crippen molar-refractivity contribution in [2.24, 2.45) is 4.99 Å². The van der Waals surface area contributed by atoms with Crippen molar-refractivity contribution in [1.82, 2.24) is 4.57 Å². The molecule has 1 aromatic heterocycles. The van der Waals surface area contributed by atoms with E-state index in [1.807, 2.05) is 91.9 Å². The van der Waals surface area contributed by atoms with Crippen molar-refractivity contribution >= 4 is 29.0 Å². The number of carbonyl (C=O) groups is 1. The van der Waals surface area contributed by atoms with Gasteiger partial charge in [0.2, 0.25) is 0 Å². The number of allylic oxidation sites excluding steroid dienone is 1. The zero-order chi connectivity index (χ0) is 26.6. The summed E-state index contributed by atoms with van der Waals surface area (Å²) in [5.41, 5.74) is 2.99. The Morgan fingerprint density at radius 2 is 1.82 bits per heavy atom. The van der Waals surface area contributed by atoms with Crippen LogP contribution in [-0.4, -0.2) is 24.2 Å². The number of amides is 1. The van der Waals surface area contributed by atoms with Crippen LogP contribution in [0.1, 0.15) is 31.0 Å². The van der Waals surface area contributed by atoms with Crippen molar-refractivity contribution in [3.63, 3.8) is 0 Å². The summed E-state index contributed by atoms with van der Waals surface area (Å²) in [7, 11) is 1.59. The van der Waals surface area contributed by atoms with Crippen LogP contribution in [0.5, 0.6) is 11.5 Å². The number of hydrogen-bond acceptors (Lipinski definition) is 6. The second-order valence-corrected chi connectivity index (χ2v) is 9.69. The molecule has 1 aliphatic heterocycles. The minimum atomic E-state index is -0.679. The molecule has 0 unspecified atom stereocenters. The van der Waals surface area contributed by atoms with E-state index in [0.717, 1.165) is 16.9 Å². The molecule has 0 radical (unpaired) electrons. The predicted molar refractivity (Wildman–Crippen MR) is 149 cm³/mol. The molecule has 8 heteroatoms. The largest absolute Gasteiger partial charge is 0.497 e. The maximum Gasteiger partial charge on any atom is 0.271 e. The zero-order valence-electron chi connectivity index (χ0n) is 21.3. The van der Waals surface area contributed by atoms with Crippen LogP contribution in [0.15, 0.2) is 99.9 Å². The summed E-state index contributed by atoms with van der Waals surface area (Å²) in [6.45, 7) is 4.28. The molecule has 2 heterocycles. The first-order valence-electron chi connectivity index (χ1n) is 12.2. The Bertz CT molecular complexity index is 1700. The van der Waals surface area contributed by atoms with Crippen molar-refractivity contribution < 1.29 is 14.3 Å². The van der Waals surface area contributed by atoms with Gasteiger partial charge in [-0.1, -0.05) is 53.8 Å².